The molecule has 0 fully saturated rings. The van der Waals surface area contributed by atoms with Gasteiger partial charge in [0.05, 0.1) is 0 Å². The molecule has 1 unspecified atom stereocenters. The fourth-order valence-electron chi connectivity index (χ4n) is 1.97. The van der Waals surface area contributed by atoms with Crippen LogP contribution in [-0.2, 0) is 26.1 Å². The van der Waals surface area contributed by atoms with Crippen LogP contribution in [0.15, 0.2) is 17.7 Å². The van der Waals surface area contributed by atoms with Crippen LogP contribution in [0.3, 0.4) is 0 Å². The Morgan fingerprint density at radius 2 is 1.78 bits per heavy atom. The van der Waals surface area contributed by atoms with Crippen LogP contribution in [-0.4, -0.2) is 13.9 Å². The molecule has 0 saturated carbocycles. The molecule has 1 aliphatic rings. The van der Waals surface area contributed by atoms with E-state index in [1.54, 1.807) is 0 Å². The second-order valence-electron chi connectivity index (χ2n) is 5.78. The first-order valence-electron chi connectivity index (χ1n) is 5.70. The Morgan fingerprint density at radius 3 is 2.11 bits per heavy atom. The molecule has 1 atom stereocenters. The maximum atomic E-state index is 6.24. The molecule has 5 heteroatoms. The van der Waals surface area contributed by atoms with Crippen molar-refractivity contribution in [1.82, 2.24) is 0 Å². The average molecular weight is 344 g/mol. The Balaban J connectivity index is -0.000000750. The van der Waals surface area contributed by atoms with Gasteiger partial charge in [-0.2, -0.15) is 6.08 Å². The largest absolute Gasteiger partial charge is 0.412 e. The van der Waals surface area contributed by atoms with Crippen molar-refractivity contribution in [2.75, 3.05) is 0 Å². The van der Waals surface area contributed by atoms with Gasteiger partial charge < -0.3 is 4.43 Å². The van der Waals surface area contributed by atoms with E-state index in [0.29, 0.717) is 5.54 Å². The standard InChI is InChI=1S/C13H23OSi.2ClH.Ti/c1-11(12-9-7-8-10-12)15(5,6)14-13(2,3)4;;;/h7,9,11H,8H2,1-6H3;2*1H;/q-1;;;. The van der Waals surface area contributed by atoms with Crippen LogP contribution in [0, 0.1) is 6.08 Å². The van der Waals surface area contributed by atoms with E-state index in [1.165, 1.54) is 5.57 Å². The Labute approximate surface area is 141 Å². The Morgan fingerprint density at radius 1 is 1.28 bits per heavy atom. The molecule has 0 N–H and O–H groups in total. The zero-order chi connectivity index (χ0) is 11.7. The molecule has 18 heavy (non-hydrogen) atoms. The molecule has 0 spiro atoms. The van der Waals surface area contributed by atoms with E-state index < -0.39 is 8.32 Å². The predicted octanol–water partition coefficient (Wildman–Crippen LogP) is 4.93. The smallest absolute Gasteiger partial charge is 0.191 e. The van der Waals surface area contributed by atoms with E-state index in [2.05, 4.69) is 59.0 Å². The first-order valence-corrected chi connectivity index (χ1v) is 8.68. The minimum Gasteiger partial charge on any atom is -0.412 e. The van der Waals surface area contributed by atoms with Crippen molar-refractivity contribution in [2.45, 2.75) is 58.4 Å². The molecule has 1 rings (SSSR count). The molecule has 0 saturated heterocycles. The van der Waals surface area contributed by atoms with Gasteiger partial charge in [-0.15, -0.1) is 31.2 Å². The third kappa shape index (κ3) is 7.52. The molecule has 0 aromatic heterocycles. The van der Waals surface area contributed by atoms with E-state index >= 15 is 0 Å². The SMILES string of the molecule is CC(C1=[C-]CC=C1)[Si](C)(C)OC(C)(C)C.Cl.Cl.[Ti]. The van der Waals surface area contributed by atoms with Crippen molar-refractivity contribution >= 4 is 33.1 Å². The van der Waals surface area contributed by atoms with Gasteiger partial charge in [-0.1, -0.05) is 6.92 Å². The van der Waals surface area contributed by atoms with Gasteiger partial charge in [0, 0.05) is 27.3 Å². The Bertz CT molecular complexity index is 296. The maximum Gasteiger partial charge on any atom is 0.191 e. The van der Waals surface area contributed by atoms with Crippen LogP contribution in [0.4, 0.5) is 0 Å². The molecule has 0 aromatic carbocycles. The minimum atomic E-state index is -1.66. The van der Waals surface area contributed by atoms with Crippen LogP contribution in [0.25, 0.3) is 0 Å². The maximum absolute atomic E-state index is 6.24. The fraction of sp³-hybridized carbons (Fsp3) is 0.692. The minimum absolute atomic E-state index is 0. The van der Waals surface area contributed by atoms with Crippen LogP contribution in [0.1, 0.15) is 34.1 Å². The summed E-state index contributed by atoms with van der Waals surface area (Å²) in [5.41, 5.74) is 1.83. The number of halogens is 2. The monoisotopic (exact) mass is 343 g/mol. The molecule has 0 heterocycles. The molecular formula is C13H25Cl2OSiTi-. The summed E-state index contributed by atoms with van der Waals surface area (Å²) in [5.74, 6) is 0. The second-order valence-corrected chi connectivity index (χ2v) is 10.1. The summed E-state index contributed by atoms with van der Waals surface area (Å²) in [6.07, 6.45) is 8.75. The molecule has 0 radical (unpaired) electrons. The van der Waals surface area contributed by atoms with E-state index in [0.717, 1.165) is 6.42 Å². The van der Waals surface area contributed by atoms with Gasteiger partial charge >= 0.3 is 0 Å². The van der Waals surface area contributed by atoms with Gasteiger partial charge in [0.2, 0.25) is 0 Å². The van der Waals surface area contributed by atoms with E-state index in [-0.39, 0.29) is 52.1 Å². The van der Waals surface area contributed by atoms with Gasteiger partial charge in [-0.25, -0.2) is 11.6 Å². The van der Waals surface area contributed by atoms with E-state index in [9.17, 15) is 0 Å². The molecule has 106 valence electrons. The Kier molecular flexibility index (Phi) is 12.0. The van der Waals surface area contributed by atoms with Crippen molar-refractivity contribution in [3.8, 4) is 0 Å². The van der Waals surface area contributed by atoms with Crippen LogP contribution < -0.4 is 0 Å². The van der Waals surface area contributed by atoms with Gasteiger partial charge in [0.25, 0.3) is 0 Å². The van der Waals surface area contributed by atoms with Crippen molar-refractivity contribution in [2.24, 2.45) is 0 Å². The van der Waals surface area contributed by atoms with Gasteiger partial charge in [0.15, 0.2) is 8.32 Å². The number of rotatable bonds is 3. The molecule has 0 bridgehead atoms. The third-order valence-corrected chi connectivity index (χ3v) is 6.34. The topological polar surface area (TPSA) is 9.23 Å². The summed E-state index contributed by atoms with van der Waals surface area (Å²) in [6.45, 7) is 13.3. The quantitative estimate of drug-likeness (QED) is 0.521. The van der Waals surface area contributed by atoms with Crippen molar-refractivity contribution in [3.63, 3.8) is 0 Å². The van der Waals surface area contributed by atoms with Gasteiger partial charge in [-0.05, 0) is 39.4 Å². The molecule has 0 amide bonds. The van der Waals surface area contributed by atoms with E-state index in [4.69, 9.17) is 4.43 Å². The first kappa shape index (κ1) is 24.0. The normalized spacial score (nSPS) is 16.0. The second kappa shape index (κ2) is 8.99. The molecule has 1 aliphatic carbocycles. The van der Waals surface area contributed by atoms with Crippen LogP contribution in [0.2, 0.25) is 18.6 Å². The van der Waals surface area contributed by atoms with Crippen LogP contribution >= 0.6 is 24.8 Å². The number of hydrogen-bond donors (Lipinski definition) is 0. The first-order chi connectivity index (χ1) is 6.72. The average Bonchev–Trinajstić information content (AvgIpc) is 2.49. The fourth-order valence-corrected chi connectivity index (χ4v) is 4.67. The van der Waals surface area contributed by atoms with Crippen LogP contribution in [0.5, 0.6) is 0 Å². The van der Waals surface area contributed by atoms with Gasteiger partial charge in [0.1, 0.15) is 0 Å². The van der Waals surface area contributed by atoms with Gasteiger partial charge in [-0.3, -0.25) is 6.08 Å². The summed E-state index contributed by atoms with van der Waals surface area (Å²) in [5, 5.41) is 0. The van der Waals surface area contributed by atoms with E-state index in [1.807, 2.05) is 0 Å². The summed E-state index contributed by atoms with van der Waals surface area (Å²) in [4.78, 5) is 0. The Hall–Kier alpha value is 0.951. The third-order valence-electron chi connectivity index (χ3n) is 2.80. The zero-order valence-corrected chi connectivity index (χ0v) is 16.4. The van der Waals surface area contributed by atoms with Crippen molar-refractivity contribution in [1.29, 1.82) is 0 Å². The summed E-state index contributed by atoms with van der Waals surface area (Å²) >= 11 is 0. The molecule has 0 aliphatic heterocycles. The molecular weight excluding hydrogens is 319 g/mol. The summed E-state index contributed by atoms with van der Waals surface area (Å²) in [6, 6.07) is 0. The van der Waals surface area contributed by atoms with Crippen molar-refractivity contribution < 1.29 is 26.1 Å². The molecule has 1 nitrogen and oxygen atoms in total. The van der Waals surface area contributed by atoms with Crippen molar-refractivity contribution in [3.05, 3.63) is 23.8 Å². The zero-order valence-electron chi connectivity index (χ0n) is 12.2. The number of hydrogen-bond acceptors (Lipinski definition) is 1. The summed E-state index contributed by atoms with van der Waals surface area (Å²) < 4.78 is 6.24. The number of allylic oxidation sites excluding steroid dienone is 4. The predicted molar refractivity (Wildman–Crippen MR) is 82.8 cm³/mol. The molecule has 0 aromatic rings. The summed E-state index contributed by atoms with van der Waals surface area (Å²) in [7, 11) is -1.66.